The number of carbonyl (C=O) groups excluding carboxylic acids is 2. The van der Waals surface area contributed by atoms with Crippen LogP contribution in [0.1, 0.15) is 88.9 Å². The fraction of sp³-hybridized carbons (Fsp3) is 0.848. The minimum Gasteiger partial charge on any atom is -0.381 e. The molecule has 1 unspecified atom stereocenters. The zero-order chi connectivity index (χ0) is 28.0. The number of nitrogens with zero attached hydrogens (tertiary/aromatic N) is 4. The Bertz CT molecular complexity index is 1170. The first-order valence-electron chi connectivity index (χ1n) is 16.2. The van der Waals surface area contributed by atoms with E-state index in [2.05, 4.69) is 25.9 Å². The number of aromatic nitrogens is 2. The summed E-state index contributed by atoms with van der Waals surface area (Å²) >= 11 is 0. The van der Waals surface area contributed by atoms with E-state index in [4.69, 9.17) is 4.74 Å². The number of hydrogen-bond acceptors (Lipinski definition) is 4. The molecular weight excluding hydrogens is 500 g/mol. The summed E-state index contributed by atoms with van der Waals surface area (Å²) in [6, 6.07) is 0. The van der Waals surface area contributed by atoms with Gasteiger partial charge in [-0.2, -0.15) is 5.10 Å². The van der Waals surface area contributed by atoms with Crippen molar-refractivity contribution in [2.75, 3.05) is 33.3 Å². The Morgan fingerprint density at radius 1 is 1.05 bits per heavy atom. The third-order valence-electron chi connectivity index (χ3n) is 14.0. The van der Waals surface area contributed by atoms with E-state index in [1.54, 1.807) is 17.1 Å². The van der Waals surface area contributed by atoms with Crippen LogP contribution in [0.25, 0.3) is 0 Å². The van der Waals surface area contributed by atoms with Gasteiger partial charge in [-0.05, 0) is 97.7 Å². The SMILES string of the molecule is CO[C@@H]1C[C@H]2[C@@H]3CC[C@H](C(C)CC(=O)N4CCN(C(=O)c5cnn(C)c5)CC4)[C@@]3(C)CC[C@@H]2[C@@]2(C)CC[C@@H]3C[C@@]312. The van der Waals surface area contributed by atoms with Crippen LogP contribution in [0.2, 0.25) is 0 Å². The van der Waals surface area contributed by atoms with E-state index in [9.17, 15) is 9.59 Å². The van der Waals surface area contributed by atoms with Gasteiger partial charge in [0.05, 0.1) is 17.9 Å². The molecular formula is C33H50N4O3. The van der Waals surface area contributed by atoms with Crippen molar-refractivity contribution in [2.45, 2.75) is 84.7 Å². The average molecular weight is 551 g/mol. The Hall–Kier alpha value is -1.89. The van der Waals surface area contributed by atoms with E-state index in [-0.39, 0.29) is 11.8 Å². The van der Waals surface area contributed by atoms with Crippen molar-refractivity contribution in [3.05, 3.63) is 18.0 Å². The Kier molecular flexibility index (Phi) is 6.28. The topological polar surface area (TPSA) is 67.7 Å². The van der Waals surface area contributed by atoms with Crippen LogP contribution in [0.5, 0.6) is 0 Å². The van der Waals surface area contributed by atoms with Crippen LogP contribution in [0.3, 0.4) is 0 Å². The second kappa shape index (κ2) is 9.31. The molecule has 0 N–H and O–H groups in total. The lowest BCUT2D eigenvalue weighted by molar-refractivity contribution is -0.161. The minimum atomic E-state index is 0.0158. The van der Waals surface area contributed by atoms with Crippen LogP contribution < -0.4 is 0 Å². The maximum Gasteiger partial charge on any atom is 0.257 e. The van der Waals surface area contributed by atoms with Crippen LogP contribution in [0.15, 0.2) is 12.4 Å². The predicted octanol–water partition coefficient (Wildman–Crippen LogP) is 5.01. The van der Waals surface area contributed by atoms with Crippen LogP contribution in [-0.2, 0) is 16.6 Å². The molecule has 6 aliphatic rings. The van der Waals surface area contributed by atoms with Crippen molar-refractivity contribution in [1.29, 1.82) is 0 Å². The van der Waals surface area contributed by atoms with Gasteiger partial charge in [-0.1, -0.05) is 20.8 Å². The van der Waals surface area contributed by atoms with Crippen molar-refractivity contribution in [3.63, 3.8) is 0 Å². The summed E-state index contributed by atoms with van der Waals surface area (Å²) in [7, 11) is 3.81. The van der Waals surface area contributed by atoms with Gasteiger partial charge in [-0.15, -0.1) is 0 Å². The van der Waals surface area contributed by atoms with Gasteiger partial charge in [0.2, 0.25) is 5.91 Å². The molecule has 1 saturated heterocycles. The number of amides is 2. The molecule has 2 heterocycles. The Morgan fingerprint density at radius 2 is 1.80 bits per heavy atom. The van der Waals surface area contributed by atoms with Gasteiger partial charge in [0.15, 0.2) is 0 Å². The maximum absolute atomic E-state index is 13.5. The summed E-state index contributed by atoms with van der Waals surface area (Å²) in [6.45, 7) is 10.1. The molecule has 6 fully saturated rings. The molecule has 5 saturated carbocycles. The van der Waals surface area contributed by atoms with Gasteiger partial charge in [0, 0.05) is 58.4 Å². The number of rotatable bonds is 5. The number of carbonyl (C=O) groups is 2. The first-order valence-corrected chi connectivity index (χ1v) is 16.2. The first kappa shape index (κ1) is 27.0. The van der Waals surface area contributed by atoms with E-state index in [0.717, 1.165) is 23.7 Å². The Morgan fingerprint density at radius 3 is 2.48 bits per heavy atom. The molecule has 5 aliphatic carbocycles. The lowest BCUT2D eigenvalue weighted by atomic mass is 9.45. The molecule has 10 atom stereocenters. The first-order chi connectivity index (χ1) is 19.1. The van der Waals surface area contributed by atoms with Crippen LogP contribution >= 0.6 is 0 Å². The molecule has 1 aromatic rings. The highest BCUT2D eigenvalue weighted by Crippen LogP contribution is 2.82. The minimum absolute atomic E-state index is 0.0158. The number of ether oxygens (including phenoxy) is 1. The fourth-order valence-corrected chi connectivity index (χ4v) is 12.0. The Labute approximate surface area is 240 Å². The molecule has 7 nitrogen and oxygen atoms in total. The molecule has 2 amide bonds. The number of aryl methyl sites for hydroxylation is 1. The van der Waals surface area contributed by atoms with Gasteiger partial charge >= 0.3 is 0 Å². The molecule has 0 bridgehead atoms. The van der Waals surface area contributed by atoms with Crippen molar-refractivity contribution < 1.29 is 14.3 Å². The van der Waals surface area contributed by atoms with Gasteiger partial charge in [0.1, 0.15) is 0 Å². The highest BCUT2D eigenvalue weighted by molar-refractivity contribution is 5.94. The molecule has 220 valence electrons. The number of fused-ring (bicyclic) bond motifs is 4. The van der Waals surface area contributed by atoms with Gasteiger partial charge in [0.25, 0.3) is 5.91 Å². The van der Waals surface area contributed by atoms with Crippen LogP contribution in [-0.4, -0.2) is 70.8 Å². The van der Waals surface area contributed by atoms with Crippen molar-refractivity contribution in [1.82, 2.24) is 19.6 Å². The largest absolute Gasteiger partial charge is 0.381 e. The van der Waals surface area contributed by atoms with Gasteiger partial charge in [-0.25, -0.2) is 0 Å². The van der Waals surface area contributed by atoms with Crippen LogP contribution in [0, 0.1) is 51.8 Å². The highest BCUT2D eigenvalue weighted by Gasteiger charge is 2.77. The lowest BCUT2D eigenvalue weighted by Crippen LogP contribution is -2.57. The van der Waals surface area contributed by atoms with E-state index < -0.39 is 0 Å². The molecule has 7 heteroatoms. The number of hydrogen-bond donors (Lipinski definition) is 0. The molecule has 1 spiro atoms. The monoisotopic (exact) mass is 550 g/mol. The van der Waals surface area contributed by atoms with E-state index in [0.29, 0.717) is 72.3 Å². The van der Waals surface area contributed by atoms with Crippen LogP contribution in [0.4, 0.5) is 0 Å². The smallest absolute Gasteiger partial charge is 0.257 e. The average Bonchev–Trinajstić information content (AvgIpc) is 3.17. The van der Waals surface area contributed by atoms with E-state index in [1.807, 2.05) is 24.0 Å². The standard InChI is InChI=1S/C33H50N4O3/c1-21(16-29(38)36-12-14-37(15-13-36)30(39)22-19-34-35(4)20-22)25-6-7-26-24-17-28(40-5)33-18-23(33)8-11-32(33,3)27(24)9-10-31(25,26)2/h19-21,23-28H,6-18H2,1-5H3/t21?,23-,24+,25-,26+,27+,28-,31-,32-,33-/m1/s1. The summed E-state index contributed by atoms with van der Waals surface area (Å²) in [5, 5.41) is 4.13. The number of piperazine rings is 1. The third kappa shape index (κ3) is 3.67. The van der Waals surface area contributed by atoms with Gasteiger partial charge in [-0.3, -0.25) is 14.3 Å². The normalized spacial score (nSPS) is 44.4. The molecule has 7 rings (SSSR count). The summed E-state index contributed by atoms with van der Waals surface area (Å²) in [4.78, 5) is 30.2. The Balaban J connectivity index is 0.988. The molecule has 0 radical (unpaired) electrons. The maximum atomic E-state index is 13.5. The molecule has 1 aromatic heterocycles. The highest BCUT2D eigenvalue weighted by atomic mass is 16.5. The quantitative estimate of drug-likeness (QED) is 0.517. The molecule has 1 aliphatic heterocycles. The predicted molar refractivity (Wildman–Crippen MR) is 153 cm³/mol. The second-order valence-electron chi connectivity index (χ2n) is 15.2. The van der Waals surface area contributed by atoms with Crippen molar-refractivity contribution >= 4 is 11.8 Å². The molecule has 40 heavy (non-hydrogen) atoms. The summed E-state index contributed by atoms with van der Waals surface area (Å²) in [5.74, 6) is 4.67. The van der Waals surface area contributed by atoms with Crippen molar-refractivity contribution in [2.24, 2.45) is 58.8 Å². The van der Waals surface area contributed by atoms with Gasteiger partial charge < -0.3 is 14.5 Å². The third-order valence-corrected chi connectivity index (χ3v) is 14.0. The summed E-state index contributed by atoms with van der Waals surface area (Å²) in [5.41, 5.74) is 1.93. The fourth-order valence-electron chi connectivity index (χ4n) is 12.0. The lowest BCUT2D eigenvalue weighted by Gasteiger charge is -2.61. The van der Waals surface area contributed by atoms with E-state index in [1.165, 1.54) is 51.4 Å². The van der Waals surface area contributed by atoms with E-state index >= 15 is 0 Å². The zero-order valence-corrected chi connectivity index (χ0v) is 25.4. The zero-order valence-electron chi connectivity index (χ0n) is 25.4. The van der Waals surface area contributed by atoms with Crippen molar-refractivity contribution in [3.8, 4) is 0 Å². The molecule has 0 aromatic carbocycles. The summed E-state index contributed by atoms with van der Waals surface area (Å²) in [6.07, 6.45) is 15.3. The summed E-state index contributed by atoms with van der Waals surface area (Å²) < 4.78 is 7.97. The number of methoxy groups -OCH3 is 1. The second-order valence-corrected chi connectivity index (χ2v) is 15.2.